The average molecular weight is 252 g/mol. The summed E-state index contributed by atoms with van der Waals surface area (Å²) >= 11 is 0. The maximum Gasteiger partial charge on any atom is 0.227 e. The fourth-order valence-corrected chi connectivity index (χ4v) is 1.83. The first-order valence-electron chi connectivity index (χ1n) is 6.32. The Morgan fingerprint density at radius 2 is 1.94 bits per heavy atom. The molecule has 0 saturated carbocycles. The van der Waals surface area contributed by atoms with Crippen LogP contribution in [0.2, 0.25) is 0 Å². The zero-order valence-corrected chi connectivity index (χ0v) is 12.5. The van der Waals surface area contributed by atoms with Gasteiger partial charge >= 0.3 is 0 Å². The number of aromatic nitrogens is 1. The lowest BCUT2D eigenvalue weighted by molar-refractivity contribution is -0.132. The van der Waals surface area contributed by atoms with Gasteiger partial charge in [0.25, 0.3) is 0 Å². The molecule has 4 nitrogen and oxygen atoms in total. The Morgan fingerprint density at radius 1 is 1.39 bits per heavy atom. The van der Waals surface area contributed by atoms with Crippen molar-refractivity contribution in [2.75, 3.05) is 7.05 Å². The molecule has 0 radical (unpaired) electrons. The normalized spacial score (nSPS) is 13.5. The number of nitrogens with zero attached hydrogens (tertiary/aromatic N) is 2. The molecule has 0 spiro atoms. The lowest BCUT2D eigenvalue weighted by atomic mass is 9.87. The molecule has 1 amide bonds. The Morgan fingerprint density at radius 3 is 2.33 bits per heavy atom. The van der Waals surface area contributed by atoms with E-state index in [1.54, 1.807) is 0 Å². The van der Waals surface area contributed by atoms with Crippen LogP contribution in [-0.4, -0.2) is 29.1 Å². The molecule has 1 heterocycles. The first-order chi connectivity index (χ1) is 8.14. The summed E-state index contributed by atoms with van der Waals surface area (Å²) < 4.78 is 5.08. The minimum Gasteiger partial charge on any atom is -0.361 e. The third kappa shape index (κ3) is 3.12. The highest BCUT2D eigenvalue weighted by molar-refractivity contribution is 5.79. The third-order valence-electron chi connectivity index (χ3n) is 3.74. The summed E-state index contributed by atoms with van der Waals surface area (Å²) in [6, 6.07) is 0.186. The van der Waals surface area contributed by atoms with E-state index in [0.29, 0.717) is 6.42 Å². The summed E-state index contributed by atoms with van der Waals surface area (Å²) in [6.07, 6.45) is 0.359. The van der Waals surface area contributed by atoms with Crippen LogP contribution in [0.3, 0.4) is 0 Å². The van der Waals surface area contributed by atoms with Gasteiger partial charge in [-0.25, -0.2) is 0 Å². The smallest absolute Gasteiger partial charge is 0.227 e. The zero-order chi connectivity index (χ0) is 14.1. The molecule has 18 heavy (non-hydrogen) atoms. The second-order valence-electron chi connectivity index (χ2n) is 6.03. The Bertz CT molecular complexity index is 410. The lowest BCUT2D eigenvalue weighted by Gasteiger charge is -2.35. The van der Waals surface area contributed by atoms with Crippen LogP contribution in [0.1, 0.15) is 44.7 Å². The molecular formula is C14H24N2O2. The summed E-state index contributed by atoms with van der Waals surface area (Å²) in [6.45, 7) is 12.2. The van der Waals surface area contributed by atoms with Crippen molar-refractivity contribution in [1.82, 2.24) is 10.1 Å². The first kappa shape index (κ1) is 14.7. The summed E-state index contributed by atoms with van der Waals surface area (Å²) in [5.74, 6) is 0.837. The van der Waals surface area contributed by atoms with Crippen molar-refractivity contribution in [2.45, 2.75) is 54.0 Å². The van der Waals surface area contributed by atoms with Crippen molar-refractivity contribution in [2.24, 2.45) is 5.41 Å². The van der Waals surface area contributed by atoms with Gasteiger partial charge in [0, 0.05) is 18.7 Å². The van der Waals surface area contributed by atoms with Crippen molar-refractivity contribution in [3.8, 4) is 0 Å². The summed E-state index contributed by atoms with van der Waals surface area (Å²) in [7, 11) is 1.86. The average Bonchev–Trinajstić information content (AvgIpc) is 2.57. The van der Waals surface area contributed by atoms with E-state index in [1.165, 1.54) is 0 Å². The highest BCUT2D eigenvalue weighted by Crippen LogP contribution is 2.24. The van der Waals surface area contributed by atoms with E-state index in [9.17, 15) is 4.79 Å². The first-order valence-corrected chi connectivity index (χ1v) is 6.32. The topological polar surface area (TPSA) is 46.3 Å². The van der Waals surface area contributed by atoms with Crippen molar-refractivity contribution < 1.29 is 9.32 Å². The molecule has 0 N–H and O–H groups in total. The highest BCUT2D eigenvalue weighted by Gasteiger charge is 2.27. The number of amides is 1. The predicted octanol–water partition coefficient (Wildman–Crippen LogP) is 2.73. The van der Waals surface area contributed by atoms with Crippen LogP contribution in [0, 0.1) is 19.3 Å². The Labute approximate surface area is 109 Å². The van der Waals surface area contributed by atoms with Gasteiger partial charge in [-0.3, -0.25) is 4.79 Å². The quantitative estimate of drug-likeness (QED) is 0.831. The van der Waals surface area contributed by atoms with Gasteiger partial charge in [0.15, 0.2) is 0 Å². The van der Waals surface area contributed by atoms with E-state index in [2.05, 4.69) is 32.9 Å². The van der Waals surface area contributed by atoms with Crippen LogP contribution in [0.5, 0.6) is 0 Å². The van der Waals surface area contributed by atoms with Crippen LogP contribution in [-0.2, 0) is 11.2 Å². The largest absolute Gasteiger partial charge is 0.361 e. The molecule has 0 aromatic carbocycles. The van der Waals surface area contributed by atoms with E-state index in [1.807, 2.05) is 25.8 Å². The molecule has 1 atom stereocenters. The monoisotopic (exact) mass is 252 g/mol. The number of likely N-dealkylation sites (N-methyl/N-ethyl adjacent to an activating group) is 1. The molecule has 1 aromatic heterocycles. The molecular weight excluding hydrogens is 228 g/mol. The number of rotatable bonds is 3. The molecule has 1 aromatic rings. The van der Waals surface area contributed by atoms with Gasteiger partial charge in [-0.05, 0) is 26.2 Å². The van der Waals surface area contributed by atoms with Gasteiger partial charge in [0.2, 0.25) is 5.91 Å². The number of hydrogen-bond donors (Lipinski definition) is 0. The van der Waals surface area contributed by atoms with Gasteiger partial charge in [0.05, 0.1) is 12.1 Å². The van der Waals surface area contributed by atoms with E-state index < -0.39 is 0 Å². The molecule has 0 aliphatic rings. The van der Waals surface area contributed by atoms with E-state index in [0.717, 1.165) is 17.0 Å². The van der Waals surface area contributed by atoms with Crippen molar-refractivity contribution in [3.05, 3.63) is 17.0 Å². The minimum absolute atomic E-state index is 0.0726. The molecule has 4 heteroatoms. The number of carbonyl (C=O) groups excluding carboxylic acids is 1. The lowest BCUT2D eigenvalue weighted by Crippen LogP contribution is -2.43. The number of carbonyl (C=O) groups is 1. The van der Waals surface area contributed by atoms with Crippen molar-refractivity contribution >= 4 is 5.91 Å². The van der Waals surface area contributed by atoms with E-state index in [4.69, 9.17) is 4.52 Å². The minimum atomic E-state index is 0.0726. The van der Waals surface area contributed by atoms with Gasteiger partial charge in [-0.1, -0.05) is 25.9 Å². The van der Waals surface area contributed by atoms with Gasteiger partial charge in [0.1, 0.15) is 5.76 Å². The third-order valence-corrected chi connectivity index (χ3v) is 3.74. The summed E-state index contributed by atoms with van der Waals surface area (Å²) in [5.41, 5.74) is 1.79. The molecule has 102 valence electrons. The second kappa shape index (κ2) is 5.12. The maximum atomic E-state index is 12.3. The molecule has 0 saturated heterocycles. The second-order valence-corrected chi connectivity index (χ2v) is 6.03. The fraction of sp³-hybridized carbons (Fsp3) is 0.714. The molecule has 0 aliphatic heterocycles. The van der Waals surface area contributed by atoms with Crippen LogP contribution in [0.15, 0.2) is 4.52 Å². The Balaban J connectivity index is 2.78. The maximum absolute atomic E-state index is 12.3. The van der Waals surface area contributed by atoms with E-state index >= 15 is 0 Å². The van der Waals surface area contributed by atoms with Crippen molar-refractivity contribution in [1.29, 1.82) is 0 Å². The standard InChI is InChI=1S/C14H24N2O2/c1-9-12(10(2)18-15-9)8-13(17)16(7)11(3)14(4,5)6/h11H,8H2,1-7H3. The van der Waals surface area contributed by atoms with E-state index in [-0.39, 0.29) is 17.4 Å². The molecule has 0 aliphatic carbocycles. The zero-order valence-electron chi connectivity index (χ0n) is 12.5. The van der Waals surface area contributed by atoms with Crippen LogP contribution in [0.25, 0.3) is 0 Å². The SMILES string of the molecule is Cc1noc(C)c1CC(=O)N(C)C(C)C(C)(C)C. The predicted molar refractivity (Wildman–Crippen MR) is 71.4 cm³/mol. The van der Waals surface area contributed by atoms with Gasteiger partial charge in [-0.15, -0.1) is 0 Å². The molecule has 0 bridgehead atoms. The summed E-state index contributed by atoms with van der Waals surface area (Å²) in [5, 5.41) is 3.88. The van der Waals surface area contributed by atoms with Crippen LogP contribution in [0.4, 0.5) is 0 Å². The van der Waals surface area contributed by atoms with Crippen LogP contribution < -0.4 is 0 Å². The van der Waals surface area contributed by atoms with Gasteiger partial charge in [-0.2, -0.15) is 0 Å². The fourth-order valence-electron chi connectivity index (χ4n) is 1.83. The summed E-state index contributed by atoms with van der Waals surface area (Å²) in [4.78, 5) is 14.1. The van der Waals surface area contributed by atoms with Gasteiger partial charge < -0.3 is 9.42 Å². The molecule has 1 unspecified atom stereocenters. The van der Waals surface area contributed by atoms with Crippen LogP contribution >= 0.6 is 0 Å². The Hall–Kier alpha value is -1.32. The Kier molecular flexibility index (Phi) is 4.20. The highest BCUT2D eigenvalue weighted by atomic mass is 16.5. The number of hydrogen-bond acceptors (Lipinski definition) is 3. The van der Waals surface area contributed by atoms with Crippen molar-refractivity contribution in [3.63, 3.8) is 0 Å². The number of aryl methyl sites for hydroxylation is 2. The molecule has 0 fully saturated rings. The molecule has 1 rings (SSSR count).